The summed E-state index contributed by atoms with van der Waals surface area (Å²) in [4.78, 5) is 13.0. The highest BCUT2D eigenvalue weighted by molar-refractivity contribution is 7.80. The SMILES string of the molecule is CCCCCCCNC(=S)N(C)c1cccc(-c2ccc(/C=C(\C)C(=O)O)cc2)c1. The van der Waals surface area contributed by atoms with Gasteiger partial charge in [-0.2, -0.15) is 0 Å². The minimum absolute atomic E-state index is 0.317. The highest BCUT2D eigenvalue weighted by atomic mass is 32.1. The zero-order valence-electron chi connectivity index (χ0n) is 18.1. The van der Waals surface area contributed by atoms with Gasteiger partial charge in [0, 0.05) is 24.9 Å². The largest absolute Gasteiger partial charge is 0.478 e. The van der Waals surface area contributed by atoms with Crippen LogP contribution in [0.1, 0.15) is 51.5 Å². The average Bonchev–Trinajstić information content (AvgIpc) is 2.76. The Kier molecular flexibility index (Phi) is 9.55. The van der Waals surface area contributed by atoms with Gasteiger partial charge in [0.2, 0.25) is 0 Å². The number of carbonyl (C=O) groups is 1. The smallest absolute Gasteiger partial charge is 0.331 e. The van der Waals surface area contributed by atoms with Crippen molar-refractivity contribution in [2.45, 2.75) is 46.0 Å². The number of aliphatic carboxylic acids is 1. The normalized spacial score (nSPS) is 11.2. The summed E-state index contributed by atoms with van der Waals surface area (Å²) in [6, 6.07) is 16.1. The first-order valence-corrected chi connectivity index (χ1v) is 11.0. The van der Waals surface area contributed by atoms with Gasteiger partial charge < -0.3 is 15.3 Å². The average molecular weight is 425 g/mol. The van der Waals surface area contributed by atoms with Gasteiger partial charge in [-0.15, -0.1) is 0 Å². The molecule has 0 fully saturated rings. The van der Waals surface area contributed by atoms with Gasteiger partial charge in [0.05, 0.1) is 0 Å². The number of nitrogens with zero attached hydrogens (tertiary/aromatic N) is 1. The molecule has 2 rings (SSSR count). The standard InChI is InChI=1S/C25H32N2O2S/c1-4-5-6-7-8-16-26-25(30)27(3)23-11-9-10-22(18-23)21-14-12-20(13-15-21)17-19(2)24(28)29/h9-15,17-18H,4-8,16H2,1-3H3,(H,26,30)(H,28,29)/b19-17+. The molecular weight excluding hydrogens is 392 g/mol. The predicted octanol–water partition coefficient (Wildman–Crippen LogP) is 6.12. The lowest BCUT2D eigenvalue weighted by Gasteiger charge is -2.22. The maximum atomic E-state index is 11.0. The topological polar surface area (TPSA) is 52.6 Å². The number of thiocarbonyl (C=S) groups is 1. The Balaban J connectivity index is 2.00. The summed E-state index contributed by atoms with van der Waals surface area (Å²) in [5, 5.41) is 13.1. The molecular formula is C25H32N2O2S. The highest BCUT2D eigenvalue weighted by Crippen LogP contribution is 2.25. The Hall–Kier alpha value is -2.66. The number of anilines is 1. The molecule has 0 aliphatic heterocycles. The second-order valence-electron chi connectivity index (χ2n) is 7.51. The number of carboxylic acid groups (broad SMARTS) is 1. The third kappa shape index (κ3) is 7.30. The maximum absolute atomic E-state index is 11.0. The van der Waals surface area contributed by atoms with E-state index in [4.69, 9.17) is 17.3 Å². The van der Waals surface area contributed by atoms with Crippen LogP contribution in [0.15, 0.2) is 54.1 Å². The van der Waals surface area contributed by atoms with E-state index in [1.807, 2.05) is 48.3 Å². The molecule has 2 aromatic carbocycles. The number of nitrogens with one attached hydrogen (secondary N) is 1. The minimum Gasteiger partial charge on any atom is -0.478 e. The van der Waals surface area contributed by atoms with Crippen molar-refractivity contribution >= 4 is 35.1 Å². The second-order valence-corrected chi connectivity index (χ2v) is 7.90. The molecule has 0 aliphatic rings. The molecule has 0 aliphatic carbocycles. The van der Waals surface area contributed by atoms with Crippen LogP contribution < -0.4 is 10.2 Å². The van der Waals surface area contributed by atoms with Crippen LogP contribution in [0.4, 0.5) is 5.69 Å². The zero-order valence-corrected chi connectivity index (χ0v) is 19.0. The number of unbranched alkanes of at least 4 members (excludes halogenated alkanes) is 4. The van der Waals surface area contributed by atoms with Crippen LogP contribution in [0.25, 0.3) is 17.2 Å². The number of hydrogen-bond acceptors (Lipinski definition) is 2. The third-order valence-corrected chi connectivity index (χ3v) is 5.48. The first kappa shape index (κ1) is 23.6. The second kappa shape index (κ2) is 12.1. The van der Waals surface area contributed by atoms with Crippen molar-refractivity contribution in [1.29, 1.82) is 0 Å². The van der Waals surface area contributed by atoms with Gasteiger partial charge in [-0.05, 0) is 60.5 Å². The number of rotatable bonds is 10. The molecule has 2 N–H and O–H groups in total. The van der Waals surface area contributed by atoms with Gasteiger partial charge in [-0.25, -0.2) is 4.79 Å². The third-order valence-electron chi connectivity index (χ3n) is 5.06. The number of carboxylic acids is 1. The lowest BCUT2D eigenvalue weighted by molar-refractivity contribution is -0.132. The van der Waals surface area contributed by atoms with Gasteiger partial charge in [-0.1, -0.05) is 69.0 Å². The first-order valence-electron chi connectivity index (χ1n) is 10.6. The van der Waals surface area contributed by atoms with Crippen LogP contribution in [-0.4, -0.2) is 29.8 Å². The van der Waals surface area contributed by atoms with Crippen molar-refractivity contribution in [1.82, 2.24) is 5.32 Å². The molecule has 0 unspecified atom stereocenters. The monoisotopic (exact) mass is 424 g/mol. The Bertz CT molecular complexity index is 875. The van der Waals surface area contributed by atoms with E-state index in [1.54, 1.807) is 13.0 Å². The molecule has 0 heterocycles. The van der Waals surface area contributed by atoms with Gasteiger partial charge >= 0.3 is 5.97 Å². The van der Waals surface area contributed by atoms with Crippen LogP contribution in [-0.2, 0) is 4.79 Å². The fourth-order valence-corrected chi connectivity index (χ4v) is 3.34. The first-order chi connectivity index (χ1) is 14.4. The lowest BCUT2D eigenvalue weighted by atomic mass is 10.0. The maximum Gasteiger partial charge on any atom is 0.331 e. The summed E-state index contributed by atoms with van der Waals surface area (Å²) < 4.78 is 0. The number of hydrogen-bond donors (Lipinski definition) is 2. The molecule has 0 saturated heterocycles. The van der Waals surface area contributed by atoms with E-state index in [0.29, 0.717) is 5.57 Å². The van der Waals surface area contributed by atoms with E-state index in [0.717, 1.165) is 40.5 Å². The van der Waals surface area contributed by atoms with E-state index < -0.39 is 5.97 Å². The van der Waals surface area contributed by atoms with Crippen LogP contribution in [0.3, 0.4) is 0 Å². The van der Waals surface area contributed by atoms with E-state index in [2.05, 4.69) is 24.4 Å². The van der Waals surface area contributed by atoms with Crippen LogP contribution in [0, 0.1) is 0 Å². The Labute approximate surface area is 185 Å². The summed E-state index contributed by atoms with van der Waals surface area (Å²) in [5.41, 5.74) is 4.38. The highest BCUT2D eigenvalue weighted by Gasteiger charge is 2.08. The van der Waals surface area contributed by atoms with Crippen molar-refractivity contribution in [2.24, 2.45) is 0 Å². The fraction of sp³-hybridized carbons (Fsp3) is 0.360. The van der Waals surface area contributed by atoms with Gasteiger partial charge in [0.1, 0.15) is 0 Å². The van der Waals surface area contributed by atoms with Crippen LogP contribution in [0.2, 0.25) is 0 Å². The number of benzene rings is 2. The predicted molar refractivity (Wildman–Crippen MR) is 131 cm³/mol. The summed E-state index contributed by atoms with van der Waals surface area (Å²) in [6.45, 7) is 4.72. The van der Waals surface area contributed by atoms with Crippen LogP contribution >= 0.6 is 12.2 Å². The quantitative estimate of drug-likeness (QED) is 0.273. The molecule has 5 heteroatoms. The van der Waals surface area contributed by atoms with Crippen molar-refractivity contribution in [3.63, 3.8) is 0 Å². The van der Waals surface area contributed by atoms with Gasteiger partial charge in [0.15, 0.2) is 5.11 Å². The summed E-state index contributed by atoms with van der Waals surface area (Å²) >= 11 is 5.56. The van der Waals surface area contributed by atoms with Crippen molar-refractivity contribution < 1.29 is 9.90 Å². The van der Waals surface area contributed by atoms with Crippen molar-refractivity contribution in [3.05, 3.63) is 59.7 Å². The molecule has 0 radical (unpaired) electrons. The molecule has 0 atom stereocenters. The molecule has 0 amide bonds. The van der Waals surface area contributed by atoms with Crippen LogP contribution in [0.5, 0.6) is 0 Å². The van der Waals surface area contributed by atoms with E-state index >= 15 is 0 Å². The molecule has 2 aromatic rings. The molecule has 0 spiro atoms. The fourth-order valence-electron chi connectivity index (χ4n) is 3.14. The molecule has 30 heavy (non-hydrogen) atoms. The Morgan fingerprint density at radius 3 is 2.43 bits per heavy atom. The Morgan fingerprint density at radius 1 is 1.07 bits per heavy atom. The Morgan fingerprint density at radius 2 is 1.77 bits per heavy atom. The zero-order chi connectivity index (χ0) is 21.9. The van der Waals surface area contributed by atoms with E-state index in [9.17, 15) is 4.79 Å². The van der Waals surface area contributed by atoms with Crippen molar-refractivity contribution in [2.75, 3.05) is 18.5 Å². The lowest BCUT2D eigenvalue weighted by Crippen LogP contribution is -2.37. The molecule has 0 aromatic heterocycles. The minimum atomic E-state index is -0.902. The van der Waals surface area contributed by atoms with E-state index in [1.165, 1.54) is 25.7 Å². The van der Waals surface area contributed by atoms with Gasteiger partial charge in [0.25, 0.3) is 0 Å². The van der Waals surface area contributed by atoms with Gasteiger partial charge in [-0.3, -0.25) is 0 Å². The molecule has 0 bridgehead atoms. The van der Waals surface area contributed by atoms with Crippen molar-refractivity contribution in [3.8, 4) is 11.1 Å². The molecule has 4 nitrogen and oxygen atoms in total. The summed E-state index contributed by atoms with van der Waals surface area (Å²) in [5.74, 6) is -0.902. The van der Waals surface area contributed by atoms with E-state index in [-0.39, 0.29) is 0 Å². The molecule has 160 valence electrons. The summed E-state index contributed by atoms with van der Waals surface area (Å²) in [7, 11) is 1.98. The molecule has 0 saturated carbocycles. The summed E-state index contributed by atoms with van der Waals surface area (Å²) in [6.07, 6.45) is 7.88.